The van der Waals surface area contributed by atoms with Gasteiger partial charge in [0.1, 0.15) is 36.3 Å². The summed E-state index contributed by atoms with van der Waals surface area (Å²) in [6.07, 6.45) is 4.71. The lowest BCUT2D eigenvalue weighted by atomic mass is 10.1. The van der Waals surface area contributed by atoms with Gasteiger partial charge in [-0.05, 0) is 49.2 Å². The van der Waals surface area contributed by atoms with Crippen molar-refractivity contribution < 1.29 is 13.9 Å². The Bertz CT molecular complexity index is 1350. The third-order valence-electron chi connectivity index (χ3n) is 6.04. The molecule has 0 aliphatic carbocycles. The number of fused-ring (bicyclic) bond motifs is 1. The maximum Gasteiger partial charge on any atom is 0.246 e. The highest BCUT2D eigenvalue weighted by atomic mass is 35.5. The van der Waals surface area contributed by atoms with E-state index in [1.54, 1.807) is 17.2 Å². The van der Waals surface area contributed by atoms with E-state index in [-0.39, 0.29) is 18.6 Å². The van der Waals surface area contributed by atoms with Crippen LogP contribution in [0.3, 0.4) is 0 Å². The minimum Gasteiger partial charge on any atom is -0.484 e. The van der Waals surface area contributed by atoms with Crippen LogP contribution in [0.25, 0.3) is 17.1 Å². The van der Waals surface area contributed by atoms with E-state index in [1.807, 2.05) is 28.9 Å². The van der Waals surface area contributed by atoms with Crippen molar-refractivity contribution >= 4 is 23.3 Å². The van der Waals surface area contributed by atoms with Crippen LogP contribution in [-0.2, 0) is 11.4 Å². The lowest BCUT2D eigenvalue weighted by molar-refractivity contribution is -0.127. The first-order valence-corrected chi connectivity index (χ1v) is 11.5. The number of amides is 1. The molecule has 4 heterocycles. The Balaban J connectivity index is 1.50. The fourth-order valence-corrected chi connectivity index (χ4v) is 4.60. The van der Waals surface area contributed by atoms with Crippen molar-refractivity contribution in [3.63, 3.8) is 0 Å². The molecule has 9 nitrogen and oxygen atoms in total. The Kier molecular flexibility index (Phi) is 6.02. The number of piperidine rings is 1. The average molecular weight is 481 g/mol. The molecule has 3 N–H and O–H groups in total. The van der Waals surface area contributed by atoms with Crippen LogP contribution in [0.1, 0.15) is 24.6 Å². The van der Waals surface area contributed by atoms with Crippen molar-refractivity contribution in [1.29, 1.82) is 0 Å². The van der Waals surface area contributed by atoms with Crippen LogP contribution in [0, 0.1) is 0 Å². The molecule has 1 unspecified atom stereocenters. The summed E-state index contributed by atoms with van der Waals surface area (Å²) in [6.45, 7) is 5.51. The Hall–Kier alpha value is -3.72. The van der Waals surface area contributed by atoms with Crippen molar-refractivity contribution in [2.24, 2.45) is 10.7 Å². The van der Waals surface area contributed by atoms with Crippen LogP contribution in [0.4, 0.5) is 0 Å². The minimum atomic E-state index is -0.0763. The number of aromatic nitrogens is 2. The van der Waals surface area contributed by atoms with Gasteiger partial charge in [-0.25, -0.2) is 9.67 Å². The molecule has 1 fully saturated rings. The van der Waals surface area contributed by atoms with E-state index < -0.39 is 0 Å². The highest BCUT2D eigenvalue weighted by Crippen LogP contribution is 2.30. The van der Waals surface area contributed by atoms with Gasteiger partial charge in [0.15, 0.2) is 5.49 Å². The average Bonchev–Trinajstić information content (AvgIpc) is 3.51. The van der Waals surface area contributed by atoms with Gasteiger partial charge in [0, 0.05) is 18.7 Å². The van der Waals surface area contributed by atoms with Crippen LogP contribution < -0.4 is 26.5 Å². The third-order valence-corrected chi connectivity index (χ3v) is 6.33. The lowest BCUT2D eigenvalue weighted by Gasteiger charge is -2.32. The normalized spacial score (nSPS) is 17.5. The van der Waals surface area contributed by atoms with Crippen molar-refractivity contribution in [2.45, 2.75) is 25.5 Å². The van der Waals surface area contributed by atoms with E-state index in [9.17, 15) is 4.79 Å². The quantitative estimate of drug-likeness (QED) is 0.521. The number of nitrogens with one attached hydrogen (secondary N) is 1. The van der Waals surface area contributed by atoms with E-state index in [0.717, 1.165) is 23.6 Å². The molecule has 2 aromatic heterocycles. The number of ether oxygens (including phenoxy) is 1. The maximum atomic E-state index is 12.2. The fraction of sp³-hybridized carbons (Fsp3) is 0.292. The summed E-state index contributed by atoms with van der Waals surface area (Å²) >= 11 is 6.54. The van der Waals surface area contributed by atoms with E-state index in [0.29, 0.717) is 53.3 Å². The molecule has 1 amide bonds. The zero-order chi connectivity index (χ0) is 23.7. The lowest BCUT2D eigenvalue weighted by Crippen LogP contribution is -2.47. The van der Waals surface area contributed by atoms with Gasteiger partial charge in [0.05, 0.1) is 22.5 Å². The number of halogens is 1. The number of rotatable bonds is 6. The van der Waals surface area contributed by atoms with E-state index >= 15 is 0 Å². The first-order chi connectivity index (χ1) is 16.5. The van der Waals surface area contributed by atoms with Crippen molar-refractivity contribution in [2.75, 3.05) is 19.8 Å². The Labute approximate surface area is 201 Å². The fourth-order valence-electron chi connectivity index (χ4n) is 4.36. The van der Waals surface area contributed by atoms with Crippen molar-refractivity contribution in [3.8, 4) is 17.0 Å². The smallest absolute Gasteiger partial charge is 0.246 e. The van der Waals surface area contributed by atoms with E-state index in [4.69, 9.17) is 31.6 Å². The van der Waals surface area contributed by atoms with Gasteiger partial charge in [0.2, 0.25) is 5.91 Å². The predicted octanol–water partition coefficient (Wildman–Crippen LogP) is 1.93. The number of hydrogen-bond acceptors (Lipinski definition) is 7. The molecular weight excluding hydrogens is 456 g/mol. The molecular formula is C24H25ClN6O3. The van der Waals surface area contributed by atoms with Gasteiger partial charge in [-0.3, -0.25) is 4.79 Å². The number of carbonyl (C=O) groups excluding carboxylic acids is 1. The largest absolute Gasteiger partial charge is 0.484 e. The first kappa shape index (κ1) is 22.1. The molecule has 0 saturated carbocycles. The summed E-state index contributed by atoms with van der Waals surface area (Å²) in [5, 5.41) is 9.19. The second-order valence-corrected chi connectivity index (χ2v) is 8.60. The minimum absolute atomic E-state index is 0.0128. The maximum absolute atomic E-state index is 12.2. The Morgan fingerprint density at radius 2 is 2.29 bits per heavy atom. The van der Waals surface area contributed by atoms with Crippen LogP contribution in [0.5, 0.6) is 5.75 Å². The number of furan rings is 1. The van der Waals surface area contributed by atoms with Crippen LogP contribution in [-0.4, -0.2) is 40.3 Å². The Morgan fingerprint density at radius 1 is 1.41 bits per heavy atom. The molecule has 34 heavy (non-hydrogen) atoms. The molecule has 1 saturated heterocycles. The summed E-state index contributed by atoms with van der Waals surface area (Å²) in [5.74, 6) is 1.68. The monoisotopic (exact) mass is 480 g/mol. The second-order valence-electron chi connectivity index (χ2n) is 8.20. The van der Waals surface area contributed by atoms with Gasteiger partial charge in [0.25, 0.3) is 0 Å². The number of nitrogens with two attached hydrogens (primary N) is 1. The first-order valence-electron chi connectivity index (χ1n) is 11.1. The van der Waals surface area contributed by atoms with Crippen LogP contribution in [0.15, 0.2) is 58.7 Å². The summed E-state index contributed by atoms with van der Waals surface area (Å²) in [4.78, 5) is 18.6. The van der Waals surface area contributed by atoms with Crippen molar-refractivity contribution in [3.05, 3.63) is 70.7 Å². The SMILES string of the molecule is C=CC(=O)N1CCCC(n2nc(-c3ccc(OCc4ccco4)c(Cl)c3)c3c2=NCNC=3N)C1. The number of benzene rings is 1. The number of nitrogens with zero attached hydrogens (tertiary/aromatic N) is 4. The van der Waals surface area contributed by atoms with Crippen molar-refractivity contribution in [1.82, 2.24) is 20.0 Å². The molecule has 0 spiro atoms. The molecule has 10 heteroatoms. The second kappa shape index (κ2) is 9.26. The van der Waals surface area contributed by atoms with Gasteiger partial charge < -0.3 is 25.1 Å². The van der Waals surface area contributed by atoms with Gasteiger partial charge in [-0.2, -0.15) is 5.10 Å². The zero-order valence-corrected chi connectivity index (χ0v) is 19.3. The van der Waals surface area contributed by atoms with Crippen LogP contribution in [0.2, 0.25) is 5.02 Å². The molecule has 1 atom stereocenters. The summed E-state index contributed by atoms with van der Waals surface area (Å²) in [7, 11) is 0. The topological polar surface area (TPSA) is 111 Å². The van der Waals surface area contributed by atoms with Gasteiger partial charge >= 0.3 is 0 Å². The summed E-state index contributed by atoms with van der Waals surface area (Å²) in [5.41, 5.74) is 8.52. The highest BCUT2D eigenvalue weighted by molar-refractivity contribution is 6.32. The van der Waals surface area contributed by atoms with E-state index in [1.165, 1.54) is 6.08 Å². The molecule has 0 bridgehead atoms. The van der Waals surface area contributed by atoms with Gasteiger partial charge in [-0.15, -0.1) is 0 Å². The molecule has 0 radical (unpaired) electrons. The summed E-state index contributed by atoms with van der Waals surface area (Å²) < 4.78 is 13.0. The molecule has 2 aliphatic heterocycles. The van der Waals surface area contributed by atoms with Crippen LogP contribution >= 0.6 is 11.6 Å². The third kappa shape index (κ3) is 4.14. The zero-order valence-electron chi connectivity index (χ0n) is 18.5. The molecule has 1 aromatic carbocycles. The summed E-state index contributed by atoms with van der Waals surface area (Å²) in [6, 6.07) is 9.14. The number of carbonyl (C=O) groups is 1. The standard InChI is InChI=1S/C24H25ClN6O3/c1-2-20(32)30-9-3-5-16(12-30)31-24-21(23(26)27-14-28-24)22(29-31)15-7-8-19(18(25)11-15)34-13-17-6-4-10-33-17/h2,4,6-8,10-11,16,27H,1,3,5,9,12-14,26H2. The Morgan fingerprint density at radius 3 is 3.06 bits per heavy atom. The van der Waals surface area contributed by atoms with E-state index in [2.05, 4.69) is 16.9 Å². The molecule has 5 rings (SSSR count). The molecule has 176 valence electrons. The highest BCUT2D eigenvalue weighted by Gasteiger charge is 2.27. The molecule has 2 aliphatic rings. The predicted molar refractivity (Wildman–Crippen MR) is 127 cm³/mol. The molecule has 3 aromatic rings. The number of likely N-dealkylation sites (tertiary alicyclic amines) is 1. The number of hydrogen-bond donors (Lipinski definition) is 2. The van der Waals surface area contributed by atoms with Gasteiger partial charge in [-0.1, -0.05) is 18.2 Å².